The van der Waals surface area contributed by atoms with E-state index in [1.807, 2.05) is 24.3 Å². The van der Waals surface area contributed by atoms with Crippen molar-refractivity contribution in [2.75, 3.05) is 0 Å². The predicted octanol–water partition coefficient (Wildman–Crippen LogP) is 2.98. The van der Waals surface area contributed by atoms with E-state index in [-0.39, 0.29) is 6.17 Å². The molecule has 0 aliphatic rings. The van der Waals surface area contributed by atoms with Gasteiger partial charge in [0.25, 0.3) is 0 Å². The highest BCUT2D eigenvalue weighted by Gasteiger charge is 2.04. The van der Waals surface area contributed by atoms with Crippen molar-refractivity contribution in [2.45, 2.75) is 0 Å². The van der Waals surface area contributed by atoms with Crippen molar-refractivity contribution in [3.05, 3.63) is 42.6 Å². The van der Waals surface area contributed by atoms with Crippen LogP contribution in [0.2, 0.25) is 0 Å². The van der Waals surface area contributed by atoms with Gasteiger partial charge >= 0.3 is 0 Å². The van der Waals surface area contributed by atoms with Crippen LogP contribution in [0.3, 0.4) is 0 Å². The first-order chi connectivity index (χ1) is 6.84. The molecular formula is C11H7NO. The van der Waals surface area contributed by atoms with Gasteiger partial charge < -0.3 is 4.42 Å². The van der Waals surface area contributed by atoms with Crippen LogP contribution in [0.25, 0.3) is 22.1 Å². The fourth-order valence-corrected chi connectivity index (χ4v) is 1.49. The summed E-state index contributed by atoms with van der Waals surface area (Å²) in [7, 11) is 0. The van der Waals surface area contributed by atoms with Gasteiger partial charge in [-0.25, -0.2) is 0 Å². The molecule has 3 aromatic rings. The van der Waals surface area contributed by atoms with E-state index in [9.17, 15) is 0 Å². The summed E-state index contributed by atoms with van der Waals surface area (Å²) < 4.78 is 13.0. The van der Waals surface area contributed by atoms with Crippen molar-refractivity contribution in [1.82, 2.24) is 4.98 Å². The molecule has 2 aromatic heterocycles. The third-order valence-corrected chi connectivity index (χ3v) is 2.08. The van der Waals surface area contributed by atoms with Gasteiger partial charge in [0.1, 0.15) is 11.1 Å². The molecule has 0 aliphatic heterocycles. The lowest BCUT2D eigenvalue weighted by Crippen LogP contribution is -1.70. The number of hydrogen-bond acceptors (Lipinski definition) is 2. The molecule has 0 bridgehead atoms. The summed E-state index contributed by atoms with van der Waals surface area (Å²) in [6.07, 6.45) is 0.268. The quantitative estimate of drug-likeness (QED) is 0.518. The number of fused-ring (bicyclic) bond motifs is 3. The number of furan rings is 1. The van der Waals surface area contributed by atoms with Gasteiger partial charge in [-0.2, -0.15) is 0 Å². The van der Waals surface area contributed by atoms with E-state index in [2.05, 4.69) is 4.98 Å². The van der Waals surface area contributed by atoms with Gasteiger partial charge in [0.2, 0.25) is 0 Å². The highest BCUT2D eigenvalue weighted by Crippen LogP contribution is 2.25. The number of nitrogens with zero attached hydrogens (tertiary/aromatic N) is 1. The normalized spacial score (nSPS) is 12.2. The van der Waals surface area contributed by atoms with Crippen LogP contribution in [0.1, 0.15) is 1.37 Å². The van der Waals surface area contributed by atoms with E-state index in [0.29, 0.717) is 0 Å². The van der Waals surface area contributed by atoms with E-state index < -0.39 is 0 Å². The van der Waals surface area contributed by atoms with Crippen LogP contribution in [0, 0.1) is 0 Å². The van der Waals surface area contributed by atoms with Crippen LogP contribution in [0.4, 0.5) is 0 Å². The number of para-hydroxylation sites is 1. The van der Waals surface area contributed by atoms with E-state index in [0.717, 1.165) is 22.1 Å². The van der Waals surface area contributed by atoms with Crippen LogP contribution in [0.15, 0.2) is 47.0 Å². The third-order valence-electron chi connectivity index (χ3n) is 2.08. The second-order valence-electron chi connectivity index (χ2n) is 2.89. The SMILES string of the molecule is [2H]c1ccc2oc3ccccc3c2n1. The van der Waals surface area contributed by atoms with Crippen LogP contribution in [-0.2, 0) is 0 Å². The number of pyridine rings is 1. The molecule has 0 saturated carbocycles. The van der Waals surface area contributed by atoms with Crippen molar-refractivity contribution in [2.24, 2.45) is 0 Å². The van der Waals surface area contributed by atoms with E-state index in [4.69, 9.17) is 5.79 Å². The first kappa shape index (κ1) is 5.75. The summed E-state index contributed by atoms with van der Waals surface area (Å²) in [6, 6.07) is 11.1. The number of rotatable bonds is 0. The molecule has 0 spiro atoms. The molecule has 2 nitrogen and oxygen atoms in total. The maximum absolute atomic E-state index is 7.44. The fourth-order valence-electron chi connectivity index (χ4n) is 1.49. The molecule has 0 radical (unpaired) electrons. The number of hydrogen-bond donors (Lipinski definition) is 0. The van der Waals surface area contributed by atoms with Crippen LogP contribution >= 0.6 is 0 Å². The summed E-state index contributed by atoms with van der Waals surface area (Å²) in [6.45, 7) is 0. The molecular weight excluding hydrogens is 162 g/mol. The highest BCUT2D eigenvalue weighted by atomic mass is 16.3. The van der Waals surface area contributed by atoms with Gasteiger partial charge in [-0.3, -0.25) is 4.98 Å². The summed E-state index contributed by atoms with van der Waals surface area (Å²) in [5, 5.41) is 0.969. The molecule has 62 valence electrons. The van der Waals surface area contributed by atoms with Crippen molar-refractivity contribution < 1.29 is 5.79 Å². The Kier molecular flexibility index (Phi) is 1.03. The van der Waals surface area contributed by atoms with Crippen LogP contribution < -0.4 is 0 Å². The Hall–Kier alpha value is -1.83. The van der Waals surface area contributed by atoms with Crippen molar-refractivity contribution in [3.8, 4) is 0 Å². The average Bonchev–Trinajstić information content (AvgIpc) is 2.56. The molecule has 1 aromatic carbocycles. The molecule has 0 saturated heterocycles. The second kappa shape index (κ2) is 2.33. The Balaban J connectivity index is 2.58. The van der Waals surface area contributed by atoms with Gasteiger partial charge in [0.05, 0.1) is 1.37 Å². The van der Waals surface area contributed by atoms with Crippen molar-refractivity contribution in [1.29, 1.82) is 0 Å². The Morgan fingerprint density at radius 3 is 2.92 bits per heavy atom. The van der Waals surface area contributed by atoms with Gasteiger partial charge in [0, 0.05) is 11.6 Å². The van der Waals surface area contributed by atoms with Gasteiger partial charge in [-0.1, -0.05) is 12.1 Å². The highest BCUT2D eigenvalue weighted by molar-refractivity contribution is 6.01. The number of benzene rings is 1. The molecule has 2 heterocycles. The minimum atomic E-state index is 0.268. The minimum absolute atomic E-state index is 0.268. The van der Waals surface area contributed by atoms with Crippen LogP contribution in [0.5, 0.6) is 0 Å². The lowest BCUT2D eigenvalue weighted by atomic mass is 10.2. The van der Waals surface area contributed by atoms with E-state index >= 15 is 0 Å². The molecule has 3 rings (SSSR count). The lowest BCUT2D eigenvalue weighted by Gasteiger charge is -1.84. The standard InChI is InChI=1S/C11H7NO/c1-2-5-9-8(4-1)11-10(13-9)6-3-7-12-11/h1-7H/i7D. The molecule has 0 unspecified atom stereocenters. The summed E-state index contributed by atoms with van der Waals surface area (Å²) in [5.74, 6) is 0. The average molecular weight is 170 g/mol. The zero-order valence-corrected chi connectivity index (χ0v) is 6.82. The van der Waals surface area contributed by atoms with Gasteiger partial charge in [0.15, 0.2) is 5.58 Å². The zero-order chi connectivity index (χ0) is 9.54. The van der Waals surface area contributed by atoms with Crippen molar-refractivity contribution in [3.63, 3.8) is 0 Å². The summed E-state index contributed by atoms with van der Waals surface area (Å²) >= 11 is 0. The minimum Gasteiger partial charge on any atom is -0.454 e. The molecule has 0 aliphatic carbocycles. The van der Waals surface area contributed by atoms with Crippen LogP contribution in [-0.4, -0.2) is 4.98 Å². The van der Waals surface area contributed by atoms with E-state index in [1.54, 1.807) is 12.1 Å². The maximum Gasteiger partial charge on any atom is 0.153 e. The van der Waals surface area contributed by atoms with Gasteiger partial charge in [-0.05, 0) is 24.3 Å². The molecule has 0 atom stereocenters. The Morgan fingerprint density at radius 1 is 1.08 bits per heavy atom. The Morgan fingerprint density at radius 2 is 1.92 bits per heavy atom. The monoisotopic (exact) mass is 170 g/mol. The Labute approximate surface area is 76.2 Å². The smallest absolute Gasteiger partial charge is 0.153 e. The zero-order valence-electron chi connectivity index (χ0n) is 7.82. The maximum atomic E-state index is 7.44. The molecule has 13 heavy (non-hydrogen) atoms. The summed E-state index contributed by atoms with van der Waals surface area (Å²) in [5.41, 5.74) is 2.33. The largest absolute Gasteiger partial charge is 0.454 e. The second-order valence-corrected chi connectivity index (χ2v) is 2.89. The first-order valence-corrected chi connectivity index (χ1v) is 4.09. The molecule has 2 heteroatoms. The lowest BCUT2D eigenvalue weighted by molar-refractivity contribution is 0.668. The Bertz CT molecular complexity index is 615. The predicted molar refractivity (Wildman–Crippen MR) is 51.5 cm³/mol. The third kappa shape index (κ3) is 0.855. The van der Waals surface area contributed by atoms with Gasteiger partial charge in [-0.15, -0.1) is 0 Å². The molecule has 0 fully saturated rings. The molecule has 0 N–H and O–H groups in total. The summed E-state index contributed by atoms with van der Waals surface area (Å²) in [4.78, 5) is 4.14. The first-order valence-electron chi connectivity index (χ1n) is 4.59. The number of aromatic nitrogens is 1. The molecule has 0 amide bonds. The topological polar surface area (TPSA) is 26.0 Å². The van der Waals surface area contributed by atoms with E-state index in [1.165, 1.54) is 0 Å². The van der Waals surface area contributed by atoms with Crippen molar-refractivity contribution >= 4 is 22.1 Å². The fraction of sp³-hybridized carbons (Fsp3) is 0.